The maximum atomic E-state index is 12.5. The molecule has 1 fully saturated rings. The van der Waals surface area contributed by atoms with Gasteiger partial charge in [0.2, 0.25) is 5.91 Å². The van der Waals surface area contributed by atoms with Crippen LogP contribution in [0.4, 0.5) is 0 Å². The van der Waals surface area contributed by atoms with Gasteiger partial charge in [-0.25, -0.2) is 0 Å². The van der Waals surface area contributed by atoms with Crippen molar-refractivity contribution >= 4 is 5.91 Å². The lowest BCUT2D eigenvalue weighted by atomic mass is 9.92. The highest BCUT2D eigenvalue weighted by Crippen LogP contribution is 2.17. The predicted octanol–water partition coefficient (Wildman–Crippen LogP) is 1.17. The van der Waals surface area contributed by atoms with Gasteiger partial charge in [-0.3, -0.25) is 4.79 Å². The molecule has 1 aliphatic rings. The molecule has 1 aliphatic heterocycles. The summed E-state index contributed by atoms with van der Waals surface area (Å²) in [6.07, 6.45) is 3.41. The maximum Gasteiger partial charge on any atom is 0.239 e. The van der Waals surface area contributed by atoms with E-state index in [0.29, 0.717) is 11.8 Å². The lowest BCUT2D eigenvalue weighted by Crippen LogP contribution is -2.52. The zero-order chi connectivity index (χ0) is 13.5. The van der Waals surface area contributed by atoms with Crippen molar-refractivity contribution in [3.8, 4) is 0 Å². The van der Waals surface area contributed by atoms with Crippen LogP contribution in [0.1, 0.15) is 33.1 Å². The fourth-order valence-electron chi connectivity index (χ4n) is 2.58. The molecule has 0 aromatic heterocycles. The molecule has 1 N–H and O–H groups in total. The average molecular weight is 255 g/mol. The second kappa shape index (κ2) is 7.74. The van der Waals surface area contributed by atoms with E-state index >= 15 is 0 Å². The van der Waals surface area contributed by atoms with Crippen LogP contribution in [-0.4, -0.2) is 62.0 Å². The minimum Gasteiger partial charge on any atom is -0.342 e. The number of nitrogens with one attached hydrogen (secondary N) is 1. The first-order valence-corrected chi connectivity index (χ1v) is 7.23. The van der Waals surface area contributed by atoms with Crippen molar-refractivity contribution in [1.29, 1.82) is 0 Å². The first-order valence-electron chi connectivity index (χ1n) is 7.23. The third-order valence-corrected chi connectivity index (χ3v) is 3.76. The van der Waals surface area contributed by atoms with Gasteiger partial charge in [0.1, 0.15) is 0 Å². The van der Waals surface area contributed by atoms with Gasteiger partial charge in [0.25, 0.3) is 0 Å². The van der Waals surface area contributed by atoms with Gasteiger partial charge < -0.3 is 15.1 Å². The van der Waals surface area contributed by atoms with Crippen LogP contribution >= 0.6 is 0 Å². The summed E-state index contributed by atoms with van der Waals surface area (Å²) in [5.41, 5.74) is 0. The molecule has 2 atom stereocenters. The average Bonchev–Trinajstić information content (AvgIpc) is 2.34. The summed E-state index contributed by atoms with van der Waals surface area (Å²) in [7, 11) is 4.14. The molecular formula is C14H29N3O. The summed E-state index contributed by atoms with van der Waals surface area (Å²) < 4.78 is 0. The number of nitrogens with zero attached hydrogens (tertiary/aromatic N) is 2. The molecule has 0 radical (unpaired) electrons. The molecule has 18 heavy (non-hydrogen) atoms. The van der Waals surface area contributed by atoms with Gasteiger partial charge in [-0.15, -0.1) is 0 Å². The number of rotatable bonds is 6. The standard InChI is InChI=1S/C14H29N3O/c1-5-17(11-7-10-16(3)4)14(18)13-12(2)8-6-9-15-13/h12-13,15H,5-11H2,1-4H3. The zero-order valence-electron chi connectivity index (χ0n) is 12.4. The summed E-state index contributed by atoms with van der Waals surface area (Å²) >= 11 is 0. The molecule has 0 spiro atoms. The van der Waals surface area contributed by atoms with Crippen LogP contribution in [0, 0.1) is 5.92 Å². The molecule has 2 unspecified atom stereocenters. The summed E-state index contributed by atoms with van der Waals surface area (Å²) in [4.78, 5) is 16.6. The SMILES string of the molecule is CCN(CCCN(C)C)C(=O)C1NCCCC1C. The van der Waals surface area contributed by atoms with Gasteiger partial charge in [0, 0.05) is 13.1 Å². The number of amides is 1. The van der Waals surface area contributed by atoms with E-state index in [1.165, 1.54) is 12.8 Å². The lowest BCUT2D eigenvalue weighted by Gasteiger charge is -2.33. The highest BCUT2D eigenvalue weighted by Gasteiger charge is 2.30. The first-order chi connectivity index (χ1) is 8.56. The van der Waals surface area contributed by atoms with Crippen molar-refractivity contribution in [1.82, 2.24) is 15.1 Å². The molecule has 1 amide bonds. The molecular weight excluding hydrogens is 226 g/mol. The summed E-state index contributed by atoms with van der Waals surface area (Å²) in [5.74, 6) is 0.762. The molecule has 0 aromatic carbocycles. The second-order valence-corrected chi connectivity index (χ2v) is 5.63. The van der Waals surface area contributed by atoms with Crippen molar-refractivity contribution in [2.75, 3.05) is 40.3 Å². The van der Waals surface area contributed by atoms with Gasteiger partial charge in [0.05, 0.1) is 6.04 Å². The molecule has 0 aliphatic carbocycles. The summed E-state index contributed by atoms with van der Waals surface area (Å²) in [5, 5.41) is 3.38. The fraction of sp³-hybridized carbons (Fsp3) is 0.929. The van der Waals surface area contributed by atoms with E-state index in [1.54, 1.807) is 0 Å². The Balaban J connectivity index is 2.44. The first kappa shape index (κ1) is 15.4. The maximum absolute atomic E-state index is 12.5. The monoisotopic (exact) mass is 255 g/mol. The highest BCUT2D eigenvalue weighted by atomic mass is 16.2. The number of carbonyl (C=O) groups excluding carboxylic acids is 1. The van der Waals surface area contributed by atoms with E-state index in [2.05, 4.69) is 38.2 Å². The minimum atomic E-state index is 0.0399. The Labute approximate surface area is 112 Å². The molecule has 0 bridgehead atoms. The van der Waals surface area contributed by atoms with E-state index in [1.807, 2.05) is 4.90 Å². The van der Waals surface area contributed by atoms with Crippen molar-refractivity contribution in [2.24, 2.45) is 5.92 Å². The van der Waals surface area contributed by atoms with Crippen molar-refractivity contribution in [3.63, 3.8) is 0 Å². The molecule has 0 saturated carbocycles. The van der Waals surface area contributed by atoms with Crippen LogP contribution in [0.25, 0.3) is 0 Å². The summed E-state index contributed by atoms with van der Waals surface area (Å²) in [6.45, 7) is 7.96. The van der Waals surface area contributed by atoms with Crippen LogP contribution in [0.15, 0.2) is 0 Å². The van der Waals surface area contributed by atoms with Gasteiger partial charge in [-0.05, 0) is 59.3 Å². The van der Waals surface area contributed by atoms with E-state index in [9.17, 15) is 4.79 Å². The van der Waals surface area contributed by atoms with Gasteiger partial charge in [-0.1, -0.05) is 6.92 Å². The Morgan fingerprint density at radius 2 is 2.06 bits per heavy atom. The Kier molecular flexibility index (Phi) is 6.65. The third kappa shape index (κ3) is 4.58. The second-order valence-electron chi connectivity index (χ2n) is 5.63. The number of carbonyl (C=O) groups is 1. The van der Waals surface area contributed by atoms with Gasteiger partial charge in [0.15, 0.2) is 0 Å². The quantitative estimate of drug-likeness (QED) is 0.774. The van der Waals surface area contributed by atoms with Crippen molar-refractivity contribution in [3.05, 3.63) is 0 Å². The number of hydrogen-bond donors (Lipinski definition) is 1. The van der Waals surface area contributed by atoms with Gasteiger partial charge >= 0.3 is 0 Å². The van der Waals surface area contributed by atoms with E-state index in [0.717, 1.165) is 32.6 Å². The van der Waals surface area contributed by atoms with E-state index in [-0.39, 0.29) is 6.04 Å². The Morgan fingerprint density at radius 1 is 1.33 bits per heavy atom. The van der Waals surface area contributed by atoms with Crippen LogP contribution < -0.4 is 5.32 Å². The molecule has 106 valence electrons. The molecule has 4 nitrogen and oxygen atoms in total. The third-order valence-electron chi connectivity index (χ3n) is 3.76. The van der Waals surface area contributed by atoms with Crippen LogP contribution in [0.2, 0.25) is 0 Å². The Morgan fingerprint density at radius 3 is 2.61 bits per heavy atom. The number of piperidine rings is 1. The predicted molar refractivity (Wildman–Crippen MR) is 75.6 cm³/mol. The van der Waals surface area contributed by atoms with Crippen LogP contribution in [-0.2, 0) is 4.79 Å². The fourth-order valence-corrected chi connectivity index (χ4v) is 2.58. The van der Waals surface area contributed by atoms with Gasteiger partial charge in [-0.2, -0.15) is 0 Å². The zero-order valence-corrected chi connectivity index (χ0v) is 12.4. The molecule has 4 heteroatoms. The number of hydrogen-bond acceptors (Lipinski definition) is 3. The normalized spacial score (nSPS) is 24.3. The Hall–Kier alpha value is -0.610. The van der Waals surface area contributed by atoms with E-state index in [4.69, 9.17) is 0 Å². The molecule has 0 aromatic rings. The molecule has 1 heterocycles. The van der Waals surface area contributed by atoms with Crippen molar-refractivity contribution in [2.45, 2.75) is 39.2 Å². The van der Waals surface area contributed by atoms with Crippen molar-refractivity contribution < 1.29 is 4.79 Å². The highest BCUT2D eigenvalue weighted by molar-refractivity contribution is 5.82. The largest absolute Gasteiger partial charge is 0.342 e. The minimum absolute atomic E-state index is 0.0399. The molecule has 1 rings (SSSR count). The molecule has 1 saturated heterocycles. The lowest BCUT2D eigenvalue weighted by molar-refractivity contribution is -0.135. The van der Waals surface area contributed by atoms with Crippen LogP contribution in [0.5, 0.6) is 0 Å². The number of likely N-dealkylation sites (N-methyl/N-ethyl adjacent to an activating group) is 1. The smallest absolute Gasteiger partial charge is 0.239 e. The Bertz CT molecular complexity index is 255. The van der Waals surface area contributed by atoms with Crippen LogP contribution in [0.3, 0.4) is 0 Å². The van der Waals surface area contributed by atoms with E-state index < -0.39 is 0 Å². The topological polar surface area (TPSA) is 35.6 Å². The summed E-state index contributed by atoms with van der Waals surface area (Å²) in [6, 6.07) is 0.0399.